The van der Waals surface area contributed by atoms with Gasteiger partial charge in [0, 0.05) is 33.4 Å². The van der Waals surface area contributed by atoms with Crippen LogP contribution in [-0.2, 0) is 4.79 Å². The number of piperazine rings is 1. The van der Waals surface area contributed by atoms with E-state index in [1.165, 1.54) is 0 Å². The molecule has 3 N–H and O–H groups in total. The Morgan fingerprint density at radius 3 is 2.48 bits per heavy atom. The first kappa shape index (κ1) is 19.6. The van der Waals surface area contributed by atoms with E-state index in [0.717, 1.165) is 11.1 Å². The molecule has 148 valence electrons. The number of carbonyl (C=O) groups is 2. The second kappa shape index (κ2) is 7.86. The quantitative estimate of drug-likeness (QED) is 0.717. The van der Waals surface area contributed by atoms with Crippen LogP contribution in [0.2, 0.25) is 0 Å². The number of nitrogens with zero attached hydrogens (tertiary/aromatic N) is 2. The van der Waals surface area contributed by atoms with Crippen LogP contribution in [0.25, 0.3) is 0 Å². The van der Waals surface area contributed by atoms with Gasteiger partial charge in [-0.3, -0.25) is 4.79 Å². The highest BCUT2D eigenvalue weighted by Crippen LogP contribution is 2.48. The third kappa shape index (κ3) is 3.30. The Bertz CT molecular complexity index is 702. The molecule has 0 bridgehead atoms. The molecular formula is C20H29N3O4. The number of hydrogen-bond acceptors (Lipinski definition) is 4. The minimum Gasteiger partial charge on any atom is -0.396 e. The number of aliphatic hydroxyl groups excluding tert-OH is 2. The standard InChI is InChI=1S/C20H29N3O4/c1-14-5-3-4-6-15(14)17-16-13-20(7-11-24,8-12-25)18(26)22(16)9-10-23(17)19(27)21-2/h3-6,16-17,24-25H,7-13H2,1-2H3,(H,21,27). The zero-order chi connectivity index (χ0) is 19.6. The van der Waals surface area contributed by atoms with Crippen molar-refractivity contribution in [3.63, 3.8) is 0 Å². The van der Waals surface area contributed by atoms with Crippen LogP contribution in [0.1, 0.15) is 36.4 Å². The van der Waals surface area contributed by atoms with Crippen LogP contribution in [0.5, 0.6) is 0 Å². The van der Waals surface area contributed by atoms with Crippen LogP contribution in [0.3, 0.4) is 0 Å². The molecule has 2 saturated heterocycles. The molecule has 0 spiro atoms. The van der Waals surface area contributed by atoms with Crippen LogP contribution < -0.4 is 5.32 Å². The Labute approximate surface area is 160 Å². The van der Waals surface area contributed by atoms with E-state index in [9.17, 15) is 19.8 Å². The van der Waals surface area contributed by atoms with E-state index >= 15 is 0 Å². The molecule has 1 aromatic carbocycles. The lowest BCUT2D eigenvalue weighted by Crippen LogP contribution is -2.57. The summed E-state index contributed by atoms with van der Waals surface area (Å²) in [6.45, 7) is 2.75. The summed E-state index contributed by atoms with van der Waals surface area (Å²) in [6, 6.07) is 7.38. The Balaban J connectivity index is 2.05. The summed E-state index contributed by atoms with van der Waals surface area (Å²) in [7, 11) is 1.62. The fraction of sp³-hybridized carbons (Fsp3) is 0.600. The number of fused-ring (bicyclic) bond motifs is 1. The SMILES string of the molecule is CNC(=O)N1CCN2C(=O)C(CCO)(CCO)CC2C1c1ccccc1C. The van der Waals surface area contributed by atoms with Crippen molar-refractivity contribution in [3.05, 3.63) is 35.4 Å². The van der Waals surface area contributed by atoms with E-state index in [-0.39, 0.29) is 37.2 Å². The van der Waals surface area contributed by atoms with Gasteiger partial charge in [0.25, 0.3) is 0 Å². The van der Waals surface area contributed by atoms with Crippen LogP contribution >= 0.6 is 0 Å². The van der Waals surface area contributed by atoms with Gasteiger partial charge in [-0.2, -0.15) is 0 Å². The highest BCUT2D eigenvalue weighted by Gasteiger charge is 2.56. The van der Waals surface area contributed by atoms with Crippen LogP contribution in [0.4, 0.5) is 4.79 Å². The Kier molecular flexibility index (Phi) is 5.72. The lowest BCUT2D eigenvalue weighted by Gasteiger charge is -2.45. The summed E-state index contributed by atoms with van der Waals surface area (Å²) in [5.41, 5.74) is 1.35. The molecule has 2 heterocycles. The minimum atomic E-state index is -0.756. The minimum absolute atomic E-state index is 0.00857. The topological polar surface area (TPSA) is 93.1 Å². The number of aliphatic hydroxyl groups is 2. The molecule has 7 heteroatoms. The van der Waals surface area contributed by atoms with Crippen molar-refractivity contribution in [2.75, 3.05) is 33.4 Å². The molecule has 3 rings (SSSR count). The first-order chi connectivity index (χ1) is 13.0. The summed E-state index contributed by atoms with van der Waals surface area (Å²) in [6.07, 6.45) is 1.19. The van der Waals surface area contributed by atoms with E-state index in [4.69, 9.17) is 0 Å². The summed E-state index contributed by atoms with van der Waals surface area (Å²) in [4.78, 5) is 29.5. The number of carbonyl (C=O) groups excluding carboxylic acids is 2. The third-order valence-corrected chi connectivity index (χ3v) is 6.16. The van der Waals surface area contributed by atoms with Crippen molar-refractivity contribution in [3.8, 4) is 0 Å². The molecule has 7 nitrogen and oxygen atoms in total. The molecule has 27 heavy (non-hydrogen) atoms. The van der Waals surface area contributed by atoms with Crippen molar-refractivity contribution in [2.24, 2.45) is 5.41 Å². The average molecular weight is 375 g/mol. The first-order valence-electron chi connectivity index (χ1n) is 9.56. The molecular weight excluding hydrogens is 346 g/mol. The number of aryl methyl sites for hydroxylation is 1. The van der Waals surface area contributed by atoms with E-state index in [1.54, 1.807) is 7.05 Å². The van der Waals surface area contributed by atoms with Gasteiger partial charge in [-0.05, 0) is 37.3 Å². The van der Waals surface area contributed by atoms with Gasteiger partial charge in [-0.1, -0.05) is 24.3 Å². The van der Waals surface area contributed by atoms with Gasteiger partial charge in [0.2, 0.25) is 5.91 Å². The highest BCUT2D eigenvalue weighted by atomic mass is 16.3. The van der Waals surface area contributed by atoms with E-state index < -0.39 is 5.41 Å². The first-order valence-corrected chi connectivity index (χ1v) is 9.56. The zero-order valence-electron chi connectivity index (χ0n) is 16.0. The zero-order valence-corrected chi connectivity index (χ0v) is 16.0. The number of urea groups is 1. The van der Waals surface area contributed by atoms with Gasteiger partial charge in [0.15, 0.2) is 0 Å². The van der Waals surface area contributed by atoms with Crippen LogP contribution in [-0.4, -0.2) is 71.3 Å². The Morgan fingerprint density at radius 2 is 1.89 bits per heavy atom. The van der Waals surface area contributed by atoms with Crippen LogP contribution in [0.15, 0.2) is 24.3 Å². The third-order valence-electron chi connectivity index (χ3n) is 6.16. The van der Waals surface area contributed by atoms with Crippen molar-refractivity contribution >= 4 is 11.9 Å². The van der Waals surface area contributed by atoms with Crippen molar-refractivity contribution in [1.29, 1.82) is 0 Å². The maximum atomic E-state index is 13.2. The van der Waals surface area contributed by atoms with Gasteiger partial charge >= 0.3 is 6.03 Å². The molecule has 2 aliphatic heterocycles. The monoisotopic (exact) mass is 375 g/mol. The number of nitrogens with one attached hydrogen (secondary N) is 1. The second-order valence-electron chi connectivity index (χ2n) is 7.55. The van der Waals surface area contributed by atoms with Gasteiger partial charge in [-0.15, -0.1) is 0 Å². The Hall–Kier alpha value is -2.12. The molecule has 3 amide bonds. The highest BCUT2D eigenvalue weighted by molar-refractivity contribution is 5.86. The summed E-state index contributed by atoms with van der Waals surface area (Å²) in [5, 5.41) is 21.8. The predicted molar refractivity (Wildman–Crippen MR) is 101 cm³/mol. The lowest BCUT2D eigenvalue weighted by atomic mass is 9.77. The summed E-state index contributed by atoms with van der Waals surface area (Å²) in [5.74, 6) is -0.00857. The normalized spacial score (nSPS) is 24.1. The summed E-state index contributed by atoms with van der Waals surface area (Å²) >= 11 is 0. The lowest BCUT2D eigenvalue weighted by molar-refractivity contribution is -0.140. The Morgan fingerprint density at radius 1 is 1.22 bits per heavy atom. The van der Waals surface area contributed by atoms with E-state index in [2.05, 4.69) is 5.32 Å². The molecule has 0 aliphatic carbocycles. The maximum Gasteiger partial charge on any atom is 0.317 e. The molecule has 2 fully saturated rings. The smallest absolute Gasteiger partial charge is 0.317 e. The van der Waals surface area contributed by atoms with Gasteiger partial charge in [-0.25, -0.2) is 4.79 Å². The molecule has 1 aromatic rings. The molecule has 2 atom stereocenters. The number of hydrogen-bond donors (Lipinski definition) is 3. The average Bonchev–Trinajstić information content (AvgIpc) is 2.94. The van der Waals surface area contributed by atoms with E-state index in [0.29, 0.717) is 32.4 Å². The summed E-state index contributed by atoms with van der Waals surface area (Å²) < 4.78 is 0. The fourth-order valence-corrected chi connectivity index (χ4v) is 4.80. The van der Waals surface area contributed by atoms with Crippen LogP contribution in [0, 0.1) is 12.3 Å². The van der Waals surface area contributed by atoms with Crippen molar-refractivity contribution in [2.45, 2.75) is 38.3 Å². The number of rotatable bonds is 5. The molecule has 0 saturated carbocycles. The largest absolute Gasteiger partial charge is 0.396 e. The molecule has 0 aromatic heterocycles. The van der Waals surface area contributed by atoms with Gasteiger partial charge < -0.3 is 25.3 Å². The van der Waals surface area contributed by atoms with Gasteiger partial charge in [0.05, 0.1) is 17.5 Å². The molecule has 2 aliphatic rings. The number of amides is 3. The molecule has 0 radical (unpaired) electrons. The molecule has 2 unspecified atom stereocenters. The van der Waals surface area contributed by atoms with Crippen molar-refractivity contribution in [1.82, 2.24) is 15.1 Å². The second-order valence-corrected chi connectivity index (χ2v) is 7.55. The fourth-order valence-electron chi connectivity index (χ4n) is 4.80. The van der Waals surface area contributed by atoms with Crippen molar-refractivity contribution < 1.29 is 19.8 Å². The maximum absolute atomic E-state index is 13.2. The van der Waals surface area contributed by atoms with E-state index in [1.807, 2.05) is 41.0 Å². The van der Waals surface area contributed by atoms with Gasteiger partial charge in [0.1, 0.15) is 0 Å². The number of benzene rings is 1. The predicted octanol–water partition coefficient (Wildman–Crippen LogP) is 1.04.